The number of halogens is 4. The van der Waals surface area contributed by atoms with Crippen LogP contribution in [0, 0.1) is 5.82 Å². The van der Waals surface area contributed by atoms with Gasteiger partial charge in [-0.25, -0.2) is 4.39 Å². The molecule has 2 rings (SSSR count). The third-order valence-electron chi connectivity index (χ3n) is 3.12. The highest BCUT2D eigenvalue weighted by Gasteiger charge is 2.19. The van der Waals surface area contributed by atoms with E-state index in [0.29, 0.717) is 21.3 Å². The second-order valence-corrected chi connectivity index (χ2v) is 7.63. The highest BCUT2D eigenvalue weighted by Crippen LogP contribution is 2.37. The van der Waals surface area contributed by atoms with Crippen LogP contribution in [0.5, 0.6) is 0 Å². The van der Waals surface area contributed by atoms with Crippen LogP contribution in [0.1, 0.15) is 29.8 Å². The molecule has 1 nitrogen and oxygen atoms in total. The Hall–Kier alpha value is -0.130. The first-order valence-corrected chi connectivity index (χ1v) is 9.00. The topological polar surface area (TPSA) is 12.0 Å². The van der Waals surface area contributed by atoms with E-state index in [2.05, 4.69) is 28.2 Å². The number of benzene rings is 1. The molecule has 1 heterocycles. The minimum Gasteiger partial charge on any atom is -0.309 e. The molecule has 1 N–H and O–H groups in total. The van der Waals surface area contributed by atoms with Crippen LogP contribution < -0.4 is 5.32 Å². The molecule has 0 spiro atoms. The molecule has 0 radical (unpaired) electrons. The molecular formula is C15H15BrCl2FNS. The van der Waals surface area contributed by atoms with E-state index in [1.54, 1.807) is 12.1 Å². The third kappa shape index (κ3) is 4.42. The maximum Gasteiger partial charge on any atom is 0.127 e. The molecule has 0 amide bonds. The van der Waals surface area contributed by atoms with E-state index < -0.39 is 0 Å². The summed E-state index contributed by atoms with van der Waals surface area (Å²) in [6.45, 7) is 2.95. The minimum absolute atomic E-state index is 0.00634. The Labute approximate surface area is 146 Å². The summed E-state index contributed by atoms with van der Waals surface area (Å²) < 4.78 is 15.6. The molecule has 1 unspecified atom stereocenters. The largest absolute Gasteiger partial charge is 0.309 e. The maximum absolute atomic E-state index is 14.0. The van der Waals surface area contributed by atoms with Crippen LogP contribution in [0.3, 0.4) is 0 Å². The number of hydrogen-bond donors (Lipinski definition) is 1. The number of nitrogens with one attached hydrogen (secondary N) is 1. The van der Waals surface area contributed by atoms with Crippen molar-refractivity contribution >= 4 is 50.5 Å². The fourth-order valence-electron chi connectivity index (χ4n) is 2.06. The lowest BCUT2D eigenvalue weighted by Crippen LogP contribution is -2.23. The molecule has 0 fully saturated rings. The summed E-state index contributed by atoms with van der Waals surface area (Å²) in [5.74, 6) is -0.271. The lowest BCUT2D eigenvalue weighted by Gasteiger charge is -2.18. The Morgan fingerprint density at radius 2 is 2.14 bits per heavy atom. The van der Waals surface area contributed by atoms with Gasteiger partial charge in [-0.2, -0.15) is 0 Å². The van der Waals surface area contributed by atoms with E-state index in [-0.39, 0.29) is 11.9 Å². The highest BCUT2D eigenvalue weighted by atomic mass is 79.9. The molecule has 0 bridgehead atoms. The molecule has 0 aliphatic carbocycles. The summed E-state index contributed by atoms with van der Waals surface area (Å²) in [5.41, 5.74) is 0.536. The number of hydrogen-bond acceptors (Lipinski definition) is 2. The zero-order valence-corrected chi connectivity index (χ0v) is 15.3. The third-order valence-corrected chi connectivity index (χ3v) is 6.06. The first kappa shape index (κ1) is 17.2. The molecule has 6 heteroatoms. The van der Waals surface area contributed by atoms with Crippen LogP contribution >= 0.6 is 50.5 Å². The van der Waals surface area contributed by atoms with Crippen LogP contribution in [-0.4, -0.2) is 6.54 Å². The highest BCUT2D eigenvalue weighted by molar-refractivity contribution is 9.10. The van der Waals surface area contributed by atoms with Gasteiger partial charge in [0.15, 0.2) is 0 Å². The van der Waals surface area contributed by atoms with E-state index in [9.17, 15) is 4.39 Å². The summed E-state index contributed by atoms with van der Waals surface area (Å²) in [4.78, 5) is 1.07. The molecule has 1 atom stereocenters. The molecule has 1 aromatic heterocycles. The fraction of sp³-hybridized carbons (Fsp3) is 0.333. The van der Waals surface area contributed by atoms with Crippen LogP contribution in [0.15, 0.2) is 28.7 Å². The molecule has 0 saturated carbocycles. The molecule has 0 aliphatic heterocycles. The Bertz CT molecular complexity index is 578. The SMILES string of the molecule is CCCNC(Cc1c(F)cccc1Cl)c1cc(Br)c(Cl)s1. The van der Waals surface area contributed by atoms with Crippen LogP contribution in [0.2, 0.25) is 9.36 Å². The van der Waals surface area contributed by atoms with Gasteiger partial charge in [-0.1, -0.05) is 36.2 Å². The van der Waals surface area contributed by atoms with Gasteiger partial charge in [0.25, 0.3) is 0 Å². The normalized spacial score (nSPS) is 12.6. The summed E-state index contributed by atoms with van der Waals surface area (Å²) >= 11 is 17.2. The van der Waals surface area contributed by atoms with E-state index in [4.69, 9.17) is 23.2 Å². The second-order valence-electron chi connectivity index (χ2n) is 4.68. The first-order valence-electron chi connectivity index (χ1n) is 6.64. The van der Waals surface area contributed by atoms with Crippen molar-refractivity contribution in [3.8, 4) is 0 Å². The van der Waals surface area contributed by atoms with Crippen molar-refractivity contribution in [3.05, 3.63) is 54.4 Å². The standard InChI is InChI=1S/C15H15BrCl2FNS/c1-2-6-20-13(14-8-10(16)15(18)21-14)7-9-11(17)4-3-5-12(9)19/h3-5,8,13,20H,2,6-7H2,1H3. The van der Waals surface area contributed by atoms with Crippen LogP contribution in [-0.2, 0) is 6.42 Å². The predicted molar refractivity (Wildman–Crippen MR) is 93.2 cm³/mol. The van der Waals surface area contributed by atoms with Gasteiger partial charge >= 0.3 is 0 Å². The molecule has 0 aliphatic rings. The van der Waals surface area contributed by atoms with E-state index in [1.165, 1.54) is 17.4 Å². The minimum atomic E-state index is -0.271. The smallest absolute Gasteiger partial charge is 0.127 e. The molecule has 2 aromatic rings. The first-order chi connectivity index (χ1) is 10.0. The summed E-state index contributed by atoms with van der Waals surface area (Å²) in [6.07, 6.45) is 1.50. The lowest BCUT2D eigenvalue weighted by molar-refractivity contribution is 0.519. The monoisotopic (exact) mass is 409 g/mol. The Kier molecular flexibility index (Phi) is 6.51. The maximum atomic E-state index is 14.0. The molecule has 0 saturated heterocycles. The zero-order chi connectivity index (χ0) is 15.4. The average Bonchev–Trinajstić information content (AvgIpc) is 2.77. The van der Waals surface area contributed by atoms with Crippen molar-refractivity contribution < 1.29 is 4.39 Å². The van der Waals surface area contributed by atoms with Crippen molar-refractivity contribution in [1.82, 2.24) is 5.32 Å². The van der Waals surface area contributed by atoms with Crippen LogP contribution in [0.4, 0.5) is 4.39 Å². The fourth-order valence-corrected chi connectivity index (χ4v) is 4.11. The summed E-state index contributed by atoms with van der Waals surface area (Å²) in [6, 6.07) is 6.75. The summed E-state index contributed by atoms with van der Waals surface area (Å²) in [5, 5.41) is 3.89. The van der Waals surface area contributed by atoms with Gasteiger partial charge in [-0.05, 0) is 53.5 Å². The number of rotatable bonds is 6. The van der Waals surface area contributed by atoms with Gasteiger partial charge in [0, 0.05) is 26.0 Å². The Morgan fingerprint density at radius 3 is 2.71 bits per heavy atom. The van der Waals surface area contributed by atoms with Gasteiger partial charge in [0.1, 0.15) is 10.2 Å². The zero-order valence-electron chi connectivity index (χ0n) is 11.4. The van der Waals surface area contributed by atoms with Gasteiger partial charge in [0.2, 0.25) is 0 Å². The molecule has 114 valence electrons. The van der Waals surface area contributed by atoms with Gasteiger partial charge in [-0.15, -0.1) is 11.3 Å². The molecular weight excluding hydrogens is 396 g/mol. The predicted octanol–water partition coefficient (Wildman–Crippen LogP) is 6.24. The van der Waals surface area contributed by atoms with E-state index >= 15 is 0 Å². The van der Waals surface area contributed by atoms with Gasteiger partial charge in [0.05, 0.1) is 0 Å². The molecule has 21 heavy (non-hydrogen) atoms. The van der Waals surface area contributed by atoms with Gasteiger partial charge in [-0.3, -0.25) is 0 Å². The quantitative estimate of drug-likeness (QED) is 0.594. The van der Waals surface area contributed by atoms with E-state index in [0.717, 1.165) is 22.3 Å². The lowest BCUT2D eigenvalue weighted by atomic mass is 10.0. The van der Waals surface area contributed by atoms with Crippen molar-refractivity contribution in [3.63, 3.8) is 0 Å². The average molecular weight is 411 g/mol. The number of thiophene rings is 1. The van der Waals surface area contributed by atoms with Crippen molar-refractivity contribution in [2.75, 3.05) is 6.54 Å². The Morgan fingerprint density at radius 1 is 1.38 bits per heavy atom. The van der Waals surface area contributed by atoms with Crippen molar-refractivity contribution in [2.45, 2.75) is 25.8 Å². The summed E-state index contributed by atoms with van der Waals surface area (Å²) in [7, 11) is 0. The van der Waals surface area contributed by atoms with Crippen molar-refractivity contribution in [2.24, 2.45) is 0 Å². The van der Waals surface area contributed by atoms with Crippen molar-refractivity contribution in [1.29, 1.82) is 0 Å². The second kappa shape index (κ2) is 7.93. The Balaban J connectivity index is 2.28. The van der Waals surface area contributed by atoms with Crippen LogP contribution in [0.25, 0.3) is 0 Å². The van der Waals surface area contributed by atoms with E-state index in [1.807, 2.05) is 6.07 Å². The molecule has 1 aromatic carbocycles. The van der Waals surface area contributed by atoms with Gasteiger partial charge < -0.3 is 5.32 Å².